The van der Waals surface area contributed by atoms with Crippen molar-refractivity contribution in [2.45, 2.75) is 6.54 Å². The van der Waals surface area contributed by atoms with Crippen molar-refractivity contribution in [1.82, 2.24) is 9.97 Å². The smallest absolute Gasteiger partial charge is 0.128 e. The highest BCUT2D eigenvalue weighted by Crippen LogP contribution is 2.31. The van der Waals surface area contributed by atoms with Crippen LogP contribution in [-0.2, 0) is 6.54 Å². The first kappa shape index (κ1) is 11.8. The molecule has 2 aromatic rings. The Kier molecular flexibility index (Phi) is 3.56. The standard InChI is InChI=1S/C12H12ClN3O/c1-17-12-3-2-8(13)4-10(12)11-5-9(6-14)15-7-16-11/h2-5,7H,6,14H2,1H3. The van der Waals surface area contributed by atoms with Crippen molar-refractivity contribution in [1.29, 1.82) is 0 Å². The zero-order chi connectivity index (χ0) is 12.3. The normalized spacial score (nSPS) is 10.3. The summed E-state index contributed by atoms with van der Waals surface area (Å²) in [5.74, 6) is 0.719. The third kappa shape index (κ3) is 2.54. The van der Waals surface area contributed by atoms with Gasteiger partial charge in [0.1, 0.15) is 12.1 Å². The highest BCUT2D eigenvalue weighted by Gasteiger charge is 2.08. The molecule has 0 bridgehead atoms. The second kappa shape index (κ2) is 5.12. The monoisotopic (exact) mass is 249 g/mol. The van der Waals surface area contributed by atoms with Gasteiger partial charge in [-0.1, -0.05) is 11.6 Å². The van der Waals surface area contributed by atoms with E-state index in [0.717, 1.165) is 22.7 Å². The molecule has 5 heteroatoms. The van der Waals surface area contributed by atoms with E-state index in [4.69, 9.17) is 22.1 Å². The summed E-state index contributed by atoms with van der Waals surface area (Å²) in [6.45, 7) is 0.373. The Morgan fingerprint density at radius 2 is 2.12 bits per heavy atom. The summed E-state index contributed by atoms with van der Waals surface area (Å²) < 4.78 is 5.28. The van der Waals surface area contributed by atoms with Crippen molar-refractivity contribution in [2.75, 3.05) is 7.11 Å². The Bertz CT molecular complexity index is 531. The average Bonchev–Trinajstić information content (AvgIpc) is 2.39. The molecule has 0 amide bonds. The maximum Gasteiger partial charge on any atom is 0.128 e. The van der Waals surface area contributed by atoms with E-state index in [1.54, 1.807) is 13.2 Å². The quantitative estimate of drug-likeness (QED) is 0.907. The number of hydrogen-bond acceptors (Lipinski definition) is 4. The molecule has 0 fully saturated rings. The summed E-state index contributed by atoms with van der Waals surface area (Å²) >= 11 is 5.97. The molecule has 0 atom stereocenters. The molecule has 0 spiro atoms. The molecule has 0 aliphatic heterocycles. The predicted molar refractivity (Wildman–Crippen MR) is 66.9 cm³/mol. The molecule has 88 valence electrons. The van der Waals surface area contributed by atoms with Gasteiger partial charge >= 0.3 is 0 Å². The summed E-state index contributed by atoms with van der Waals surface area (Å²) in [4.78, 5) is 8.25. The van der Waals surface area contributed by atoms with E-state index in [1.165, 1.54) is 6.33 Å². The van der Waals surface area contributed by atoms with Crippen LogP contribution in [0, 0.1) is 0 Å². The largest absolute Gasteiger partial charge is 0.496 e. The van der Waals surface area contributed by atoms with E-state index in [1.807, 2.05) is 18.2 Å². The Hall–Kier alpha value is -1.65. The number of nitrogens with two attached hydrogens (primary N) is 1. The Balaban J connectivity index is 2.54. The van der Waals surface area contributed by atoms with E-state index in [9.17, 15) is 0 Å². The van der Waals surface area contributed by atoms with Gasteiger partial charge in [-0.25, -0.2) is 9.97 Å². The van der Waals surface area contributed by atoms with Crippen molar-refractivity contribution >= 4 is 11.6 Å². The van der Waals surface area contributed by atoms with Crippen molar-refractivity contribution in [2.24, 2.45) is 5.73 Å². The SMILES string of the molecule is COc1ccc(Cl)cc1-c1cc(CN)ncn1. The third-order valence-corrected chi connectivity index (χ3v) is 2.61. The summed E-state index contributed by atoms with van der Waals surface area (Å²) in [6, 6.07) is 7.22. The van der Waals surface area contributed by atoms with E-state index in [2.05, 4.69) is 9.97 Å². The molecule has 0 saturated carbocycles. The van der Waals surface area contributed by atoms with Crippen LogP contribution in [0.1, 0.15) is 5.69 Å². The first-order valence-corrected chi connectivity index (χ1v) is 5.47. The lowest BCUT2D eigenvalue weighted by molar-refractivity contribution is 0.416. The Labute approximate surface area is 104 Å². The number of ether oxygens (including phenoxy) is 1. The van der Waals surface area contributed by atoms with Gasteiger partial charge in [0.05, 0.1) is 18.5 Å². The minimum absolute atomic E-state index is 0.373. The van der Waals surface area contributed by atoms with E-state index in [0.29, 0.717) is 11.6 Å². The number of hydrogen-bond donors (Lipinski definition) is 1. The fraction of sp³-hybridized carbons (Fsp3) is 0.167. The number of aromatic nitrogens is 2. The first-order chi connectivity index (χ1) is 8.24. The van der Waals surface area contributed by atoms with Crippen LogP contribution in [0.3, 0.4) is 0 Å². The molecule has 4 nitrogen and oxygen atoms in total. The fourth-order valence-electron chi connectivity index (χ4n) is 1.54. The van der Waals surface area contributed by atoms with E-state index >= 15 is 0 Å². The summed E-state index contributed by atoms with van der Waals surface area (Å²) in [6.07, 6.45) is 1.48. The first-order valence-electron chi connectivity index (χ1n) is 5.09. The van der Waals surface area contributed by atoms with Crippen LogP contribution >= 0.6 is 11.6 Å². The average molecular weight is 250 g/mol. The van der Waals surface area contributed by atoms with Gasteiger partial charge in [0.2, 0.25) is 0 Å². The zero-order valence-corrected chi connectivity index (χ0v) is 10.1. The molecule has 0 aliphatic rings. The lowest BCUT2D eigenvalue weighted by Gasteiger charge is -2.08. The van der Waals surface area contributed by atoms with Gasteiger partial charge in [0.15, 0.2) is 0 Å². The number of methoxy groups -OCH3 is 1. The molecule has 0 aliphatic carbocycles. The lowest BCUT2D eigenvalue weighted by Crippen LogP contribution is -2.01. The van der Waals surface area contributed by atoms with Gasteiger partial charge in [0, 0.05) is 17.1 Å². The van der Waals surface area contributed by atoms with Crippen LogP contribution in [0.15, 0.2) is 30.6 Å². The van der Waals surface area contributed by atoms with Crippen LogP contribution in [0.5, 0.6) is 5.75 Å². The minimum Gasteiger partial charge on any atom is -0.496 e. The molecule has 2 N–H and O–H groups in total. The zero-order valence-electron chi connectivity index (χ0n) is 9.35. The van der Waals surface area contributed by atoms with Crippen molar-refractivity contribution in [3.05, 3.63) is 41.3 Å². The maximum absolute atomic E-state index is 5.97. The van der Waals surface area contributed by atoms with Crippen molar-refractivity contribution in [3.63, 3.8) is 0 Å². The van der Waals surface area contributed by atoms with Crippen molar-refractivity contribution in [3.8, 4) is 17.0 Å². The van der Waals surface area contributed by atoms with Crippen LogP contribution < -0.4 is 10.5 Å². The maximum atomic E-state index is 5.97. The fourth-order valence-corrected chi connectivity index (χ4v) is 1.71. The molecule has 0 saturated heterocycles. The lowest BCUT2D eigenvalue weighted by atomic mass is 10.1. The van der Waals surface area contributed by atoms with Gasteiger partial charge < -0.3 is 10.5 Å². The minimum atomic E-state index is 0.373. The van der Waals surface area contributed by atoms with Crippen LogP contribution in [0.2, 0.25) is 5.02 Å². The highest BCUT2D eigenvalue weighted by molar-refractivity contribution is 6.30. The summed E-state index contributed by atoms with van der Waals surface area (Å²) in [5, 5.41) is 0.633. The van der Waals surface area contributed by atoms with E-state index in [-0.39, 0.29) is 0 Å². The van der Waals surface area contributed by atoms with Gasteiger partial charge in [-0.15, -0.1) is 0 Å². The molecule has 0 unspecified atom stereocenters. The number of halogens is 1. The number of nitrogens with zero attached hydrogens (tertiary/aromatic N) is 2. The molecule has 17 heavy (non-hydrogen) atoms. The van der Waals surface area contributed by atoms with E-state index < -0.39 is 0 Å². The molecular weight excluding hydrogens is 238 g/mol. The Morgan fingerprint density at radius 3 is 2.82 bits per heavy atom. The highest BCUT2D eigenvalue weighted by atomic mass is 35.5. The van der Waals surface area contributed by atoms with Crippen LogP contribution in [-0.4, -0.2) is 17.1 Å². The second-order valence-electron chi connectivity index (χ2n) is 3.44. The predicted octanol–water partition coefficient (Wildman–Crippen LogP) is 2.26. The third-order valence-electron chi connectivity index (χ3n) is 2.37. The molecule has 2 rings (SSSR count). The van der Waals surface area contributed by atoms with Gasteiger partial charge in [-0.05, 0) is 24.3 Å². The summed E-state index contributed by atoms with van der Waals surface area (Å²) in [5.41, 5.74) is 7.91. The Morgan fingerprint density at radius 1 is 1.29 bits per heavy atom. The number of benzene rings is 1. The topological polar surface area (TPSA) is 61.0 Å². The molecule has 1 aromatic carbocycles. The van der Waals surface area contributed by atoms with Gasteiger partial charge in [-0.3, -0.25) is 0 Å². The molecule has 1 aromatic heterocycles. The molecular formula is C12H12ClN3O. The van der Waals surface area contributed by atoms with Crippen LogP contribution in [0.25, 0.3) is 11.3 Å². The van der Waals surface area contributed by atoms with Crippen molar-refractivity contribution < 1.29 is 4.74 Å². The van der Waals surface area contributed by atoms with Crippen LogP contribution in [0.4, 0.5) is 0 Å². The van der Waals surface area contributed by atoms with Gasteiger partial charge in [0.25, 0.3) is 0 Å². The second-order valence-corrected chi connectivity index (χ2v) is 3.88. The summed E-state index contributed by atoms with van der Waals surface area (Å²) in [7, 11) is 1.61. The molecule has 1 heterocycles. The molecule has 0 radical (unpaired) electrons. The number of rotatable bonds is 3. The van der Waals surface area contributed by atoms with Gasteiger partial charge in [-0.2, -0.15) is 0 Å².